The van der Waals surface area contributed by atoms with Gasteiger partial charge < -0.3 is 5.11 Å². The van der Waals surface area contributed by atoms with E-state index in [4.69, 9.17) is 5.11 Å². The normalized spacial score (nSPS) is 12.0. The number of carboxylic acids is 1. The maximum absolute atomic E-state index is 10.9. The van der Waals surface area contributed by atoms with Gasteiger partial charge in [0.25, 0.3) is 0 Å². The number of hydrogen-bond acceptors (Lipinski definition) is 3. The molecule has 5 heteroatoms. The highest BCUT2D eigenvalue weighted by Gasteiger charge is 2.00. The summed E-state index contributed by atoms with van der Waals surface area (Å²) in [6, 6.07) is 0. The van der Waals surface area contributed by atoms with E-state index in [1.807, 2.05) is 0 Å². The van der Waals surface area contributed by atoms with E-state index in [0.29, 0.717) is 12.2 Å². The zero-order chi connectivity index (χ0) is 16.7. The predicted molar refractivity (Wildman–Crippen MR) is 91.9 cm³/mol. The number of sulfone groups is 1. The van der Waals surface area contributed by atoms with E-state index in [0.717, 1.165) is 57.8 Å². The molecule has 0 amide bonds. The first-order valence-electron chi connectivity index (χ1n) is 8.46. The lowest BCUT2D eigenvalue weighted by Gasteiger charge is -1.99. The summed E-state index contributed by atoms with van der Waals surface area (Å²) in [6.07, 6.45) is 17.5. The van der Waals surface area contributed by atoms with Gasteiger partial charge in [-0.2, -0.15) is 0 Å². The van der Waals surface area contributed by atoms with Gasteiger partial charge in [-0.3, -0.25) is 4.79 Å². The van der Waals surface area contributed by atoms with E-state index >= 15 is 0 Å². The molecule has 0 aliphatic carbocycles. The molecule has 22 heavy (non-hydrogen) atoms. The minimum Gasteiger partial charge on any atom is -0.481 e. The Kier molecular flexibility index (Phi) is 13.3. The minimum absolute atomic E-state index is 0.296. The van der Waals surface area contributed by atoms with E-state index in [9.17, 15) is 13.2 Å². The molecule has 0 rings (SSSR count). The van der Waals surface area contributed by atoms with Crippen LogP contribution in [0.4, 0.5) is 0 Å². The number of rotatable bonds is 15. The van der Waals surface area contributed by atoms with Crippen LogP contribution in [0.5, 0.6) is 0 Å². The molecular weight excluding hydrogens is 300 g/mol. The standard InChI is InChI=1S/C17H32O4S/c1-22(20,21)16-14-12-10-8-6-4-2-3-5-7-9-11-13-15-17(18)19/h2,4H,3,5-16H2,1H3,(H,18,19). The van der Waals surface area contributed by atoms with Gasteiger partial charge in [-0.1, -0.05) is 44.3 Å². The molecule has 1 N–H and O–H groups in total. The third-order valence-corrected chi connectivity index (χ3v) is 4.59. The van der Waals surface area contributed by atoms with Gasteiger partial charge in [-0.25, -0.2) is 8.42 Å². The van der Waals surface area contributed by atoms with E-state index in [2.05, 4.69) is 12.2 Å². The summed E-state index contributed by atoms with van der Waals surface area (Å²) in [4.78, 5) is 10.3. The van der Waals surface area contributed by atoms with Crippen LogP contribution in [-0.4, -0.2) is 31.5 Å². The van der Waals surface area contributed by atoms with E-state index in [1.54, 1.807) is 0 Å². The molecule has 0 saturated carbocycles. The Morgan fingerprint density at radius 2 is 1.27 bits per heavy atom. The maximum atomic E-state index is 10.9. The average Bonchev–Trinajstić information content (AvgIpc) is 2.41. The average molecular weight is 333 g/mol. The van der Waals surface area contributed by atoms with Crippen LogP contribution in [0.1, 0.15) is 77.0 Å². The van der Waals surface area contributed by atoms with Crippen molar-refractivity contribution in [2.45, 2.75) is 77.0 Å². The van der Waals surface area contributed by atoms with Crippen LogP contribution >= 0.6 is 0 Å². The summed E-state index contributed by atoms with van der Waals surface area (Å²) in [6.45, 7) is 0. The van der Waals surface area contributed by atoms with E-state index < -0.39 is 15.8 Å². The fraction of sp³-hybridized carbons (Fsp3) is 0.824. The second kappa shape index (κ2) is 13.8. The van der Waals surface area contributed by atoms with Crippen molar-refractivity contribution >= 4 is 15.8 Å². The van der Waals surface area contributed by atoms with Gasteiger partial charge >= 0.3 is 5.97 Å². The van der Waals surface area contributed by atoms with Gasteiger partial charge in [0.2, 0.25) is 0 Å². The molecule has 0 aromatic rings. The van der Waals surface area contributed by atoms with Crippen molar-refractivity contribution in [1.82, 2.24) is 0 Å². The molecular formula is C17H32O4S. The van der Waals surface area contributed by atoms with Gasteiger partial charge in [-0.05, 0) is 38.5 Å². The summed E-state index contributed by atoms with van der Waals surface area (Å²) in [7, 11) is -2.79. The molecule has 4 nitrogen and oxygen atoms in total. The first-order valence-corrected chi connectivity index (χ1v) is 10.5. The highest BCUT2D eigenvalue weighted by molar-refractivity contribution is 7.90. The summed E-state index contributed by atoms with van der Waals surface area (Å²) >= 11 is 0. The Labute approximate surface area is 135 Å². The zero-order valence-corrected chi connectivity index (χ0v) is 14.7. The Morgan fingerprint density at radius 3 is 1.77 bits per heavy atom. The highest BCUT2D eigenvalue weighted by Crippen LogP contribution is 2.09. The fourth-order valence-electron chi connectivity index (χ4n) is 2.28. The van der Waals surface area contributed by atoms with Gasteiger partial charge in [0.1, 0.15) is 9.84 Å². The molecule has 0 saturated heterocycles. The molecule has 0 fully saturated rings. The van der Waals surface area contributed by atoms with Gasteiger partial charge in [0.15, 0.2) is 0 Å². The van der Waals surface area contributed by atoms with Gasteiger partial charge in [0.05, 0.1) is 0 Å². The van der Waals surface area contributed by atoms with Gasteiger partial charge in [0, 0.05) is 18.4 Å². The van der Waals surface area contributed by atoms with Gasteiger partial charge in [-0.15, -0.1) is 0 Å². The zero-order valence-electron chi connectivity index (χ0n) is 13.9. The van der Waals surface area contributed by atoms with Crippen molar-refractivity contribution in [3.63, 3.8) is 0 Å². The molecule has 0 bridgehead atoms. The monoisotopic (exact) mass is 332 g/mol. The fourth-order valence-corrected chi connectivity index (χ4v) is 3.01. The first-order chi connectivity index (χ1) is 10.4. The van der Waals surface area contributed by atoms with Crippen molar-refractivity contribution in [1.29, 1.82) is 0 Å². The van der Waals surface area contributed by atoms with Crippen molar-refractivity contribution in [3.05, 3.63) is 12.2 Å². The Morgan fingerprint density at radius 1 is 0.818 bits per heavy atom. The van der Waals surface area contributed by atoms with Crippen LogP contribution in [0.15, 0.2) is 12.2 Å². The molecule has 0 aromatic heterocycles. The molecule has 0 aromatic carbocycles. The third-order valence-electron chi connectivity index (χ3n) is 3.56. The molecule has 0 unspecified atom stereocenters. The summed E-state index contributed by atoms with van der Waals surface area (Å²) < 4.78 is 21.9. The first kappa shape index (κ1) is 21.2. The number of unbranched alkanes of at least 4 members (excludes halogenated alkanes) is 9. The Bertz CT molecular complexity index is 399. The number of carbonyl (C=O) groups is 1. The Hall–Kier alpha value is -0.840. The lowest BCUT2D eigenvalue weighted by molar-refractivity contribution is -0.137. The second-order valence-electron chi connectivity index (χ2n) is 6.00. The number of carboxylic acid groups (broad SMARTS) is 1. The van der Waals surface area contributed by atoms with Crippen LogP contribution in [-0.2, 0) is 14.6 Å². The van der Waals surface area contributed by atoms with E-state index in [-0.39, 0.29) is 0 Å². The lowest BCUT2D eigenvalue weighted by Crippen LogP contribution is -2.02. The number of allylic oxidation sites excluding steroid dienone is 2. The molecule has 0 spiro atoms. The largest absolute Gasteiger partial charge is 0.481 e. The number of hydrogen-bond donors (Lipinski definition) is 1. The van der Waals surface area contributed by atoms with Crippen LogP contribution < -0.4 is 0 Å². The smallest absolute Gasteiger partial charge is 0.303 e. The predicted octanol–water partition coefficient (Wildman–Crippen LogP) is 4.35. The SMILES string of the molecule is CS(=O)(=O)CCCCCCC=CCCCCCCCC(=O)O. The topological polar surface area (TPSA) is 71.4 Å². The molecule has 0 radical (unpaired) electrons. The van der Waals surface area contributed by atoms with Crippen LogP contribution in [0.2, 0.25) is 0 Å². The van der Waals surface area contributed by atoms with Crippen molar-refractivity contribution in [2.24, 2.45) is 0 Å². The number of aliphatic carboxylic acids is 1. The van der Waals surface area contributed by atoms with Crippen molar-refractivity contribution < 1.29 is 18.3 Å². The van der Waals surface area contributed by atoms with E-state index in [1.165, 1.54) is 19.1 Å². The minimum atomic E-state index is -2.79. The van der Waals surface area contributed by atoms with Crippen LogP contribution in [0.25, 0.3) is 0 Å². The Balaban J connectivity index is 3.20. The molecule has 0 aliphatic heterocycles. The van der Waals surface area contributed by atoms with Crippen molar-refractivity contribution in [2.75, 3.05) is 12.0 Å². The maximum Gasteiger partial charge on any atom is 0.303 e. The lowest BCUT2D eigenvalue weighted by atomic mass is 10.1. The molecule has 0 heterocycles. The van der Waals surface area contributed by atoms with Crippen LogP contribution in [0.3, 0.4) is 0 Å². The second-order valence-corrected chi connectivity index (χ2v) is 8.26. The third kappa shape index (κ3) is 19.2. The quantitative estimate of drug-likeness (QED) is 0.357. The van der Waals surface area contributed by atoms with Crippen LogP contribution in [0, 0.1) is 0 Å². The molecule has 0 atom stereocenters. The molecule has 0 aliphatic rings. The van der Waals surface area contributed by atoms with Crippen molar-refractivity contribution in [3.8, 4) is 0 Å². The summed E-state index contributed by atoms with van der Waals surface area (Å²) in [5.41, 5.74) is 0. The molecule has 130 valence electrons. The highest BCUT2D eigenvalue weighted by atomic mass is 32.2. The summed E-state index contributed by atoms with van der Waals surface area (Å²) in [5, 5.41) is 8.50. The summed E-state index contributed by atoms with van der Waals surface area (Å²) in [5.74, 6) is -0.380.